The topological polar surface area (TPSA) is 32.3 Å². The fourth-order valence-corrected chi connectivity index (χ4v) is 2.47. The summed E-state index contributed by atoms with van der Waals surface area (Å²) in [4.78, 5) is 13.9. The minimum Gasteiger partial charge on any atom is -0.353 e. The van der Waals surface area contributed by atoms with Crippen molar-refractivity contribution in [1.82, 2.24) is 10.2 Å². The molecule has 1 N–H and O–H groups in total. The van der Waals surface area contributed by atoms with E-state index in [1.54, 1.807) is 13.0 Å². The lowest BCUT2D eigenvalue weighted by Crippen LogP contribution is -2.32. The maximum atomic E-state index is 13.8. The molecule has 1 saturated carbocycles. The summed E-state index contributed by atoms with van der Waals surface area (Å²) in [6.45, 7) is 15.5. The number of carbonyl (C=O) groups is 1. The van der Waals surface area contributed by atoms with Gasteiger partial charge in [-0.15, -0.1) is 12.8 Å². The van der Waals surface area contributed by atoms with Crippen LogP contribution in [0.1, 0.15) is 47.0 Å². The van der Waals surface area contributed by atoms with Gasteiger partial charge < -0.3 is 10.2 Å². The van der Waals surface area contributed by atoms with E-state index in [0.717, 1.165) is 22.5 Å². The van der Waals surface area contributed by atoms with Crippen LogP contribution in [0, 0.1) is 12.8 Å². The Balaban J connectivity index is 0.00000352. The highest BCUT2D eigenvalue weighted by Gasteiger charge is 2.50. The molecule has 0 atom stereocenters. The lowest BCUT2D eigenvalue weighted by Gasteiger charge is -2.22. The summed E-state index contributed by atoms with van der Waals surface area (Å²) in [5.41, 5.74) is 2.89. The molecule has 1 rings (SSSR count). The Morgan fingerprint density at radius 1 is 1.21 bits per heavy atom. The summed E-state index contributed by atoms with van der Waals surface area (Å²) < 4.78 is 13.8. The molecule has 3 nitrogen and oxygen atoms in total. The molecule has 0 heterocycles. The van der Waals surface area contributed by atoms with Crippen LogP contribution >= 0.6 is 0 Å². The van der Waals surface area contributed by atoms with Gasteiger partial charge in [-0.05, 0) is 57.8 Å². The van der Waals surface area contributed by atoms with Gasteiger partial charge in [0.05, 0.1) is 0 Å². The Labute approximate surface area is 170 Å². The van der Waals surface area contributed by atoms with Crippen LogP contribution in [0.5, 0.6) is 0 Å². The predicted octanol–water partition coefficient (Wildman–Crippen LogP) is 5.58. The van der Waals surface area contributed by atoms with Crippen molar-refractivity contribution in [2.45, 2.75) is 52.6 Å². The molecular formula is C24H33FN2O. The highest BCUT2D eigenvalue weighted by Crippen LogP contribution is 2.40. The molecule has 0 spiro atoms. The Morgan fingerprint density at radius 3 is 2.18 bits per heavy atom. The van der Waals surface area contributed by atoms with E-state index in [1.165, 1.54) is 0 Å². The monoisotopic (exact) mass is 384 g/mol. The fraction of sp³-hybridized carbons (Fsp3) is 0.375. The maximum absolute atomic E-state index is 13.8. The number of halogens is 1. The van der Waals surface area contributed by atoms with Crippen molar-refractivity contribution in [3.8, 4) is 12.8 Å². The number of terminal acetylenes is 1. The molecule has 0 aromatic carbocycles. The van der Waals surface area contributed by atoms with Crippen LogP contribution in [-0.2, 0) is 4.79 Å². The van der Waals surface area contributed by atoms with Crippen LogP contribution in [0.15, 0.2) is 71.8 Å². The molecule has 0 saturated heterocycles. The van der Waals surface area contributed by atoms with Crippen molar-refractivity contribution in [3.05, 3.63) is 71.8 Å². The predicted molar refractivity (Wildman–Crippen MR) is 118 cm³/mol. The second kappa shape index (κ2) is 11.8. The molecule has 1 fully saturated rings. The molecule has 0 aliphatic heterocycles. The average Bonchev–Trinajstić information content (AvgIpc) is 3.43. The number of nitrogens with one attached hydrogen (secondary N) is 1. The average molecular weight is 385 g/mol. The van der Waals surface area contributed by atoms with Crippen molar-refractivity contribution in [2.24, 2.45) is 0 Å². The van der Waals surface area contributed by atoms with Gasteiger partial charge in [-0.1, -0.05) is 37.5 Å². The molecule has 0 aromatic rings. The highest BCUT2D eigenvalue weighted by molar-refractivity contribution is 5.89. The highest BCUT2D eigenvalue weighted by atomic mass is 19.1. The first-order valence-electron chi connectivity index (χ1n) is 9.24. The van der Waals surface area contributed by atoms with E-state index in [9.17, 15) is 9.18 Å². The summed E-state index contributed by atoms with van der Waals surface area (Å²) in [6, 6.07) is 0. The minimum atomic E-state index is -1.68. The van der Waals surface area contributed by atoms with E-state index in [0.29, 0.717) is 25.0 Å². The molecule has 0 bridgehead atoms. The van der Waals surface area contributed by atoms with Crippen molar-refractivity contribution in [3.63, 3.8) is 0 Å². The summed E-state index contributed by atoms with van der Waals surface area (Å²) in [5, 5.41) is 2.66. The fourth-order valence-electron chi connectivity index (χ4n) is 2.47. The van der Waals surface area contributed by atoms with Crippen LogP contribution in [-0.4, -0.2) is 23.5 Å². The smallest absolute Gasteiger partial charge is 0.261 e. The van der Waals surface area contributed by atoms with E-state index < -0.39 is 11.6 Å². The third kappa shape index (κ3) is 7.44. The van der Waals surface area contributed by atoms with E-state index >= 15 is 0 Å². The number of allylic oxidation sites excluding steroid dienone is 9. The van der Waals surface area contributed by atoms with Crippen LogP contribution in [0.25, 0.3) is 0 Å². The zero-order valence-electron chi connectivity index (χ0n) is 17.8. The number of carbonyl (C=O) groups excluding carboxylic acids is 1. The van der Waals surface area contributed by atoms with Crippen LogP contribution < -0.4 is 5.32 Å². The minimum absolute atomic E-state index is 0.305. The van der Waals surface area contributed by atoms with E-state index in [1.807, 2.05) is 50.9 Å². The normalized spacial score (nSPS) is 16.4. The first-order chi connectivity index (χ1) is 13.2. The lowest BCUT2D eigenvalue weighted by molar-refractivity contribution is -0.126. The van der Waals surface area contributed by atoms with Crippen molar-refractivity contribution in [2.75, 3.05) is 7.05 Å². The van der Waals surface area contributed by atoms with Gasteiger partial charge in [0, 0.05) is 30.6 Å². The Hall–Kier alpha value is -2.80. The second-order valence-electron chi connectivity index (χ2n) is 6.63. The van der Waals surface area contributed by atoms with Gasteiger partial charge >= 0.3 is 0 Å². The van der Waals surface area contributed by atoms with Crippen molar-refractivity contribution >= 4 is 5.91 Å². The number of hydrogen-bond acceptors (Lipinski definition) is 2. The second-order valence-corrected chi connectivity index (χ2v) is 6.63. The summed E-state index contributed by atoms with van der Waals surface area (Å²) in [5.74, 6) is -0.553. The molecule has 4 heteroatoms. The molecule has 28 heavy (non-hydrogen) atoms. The standard InChI is InChI=1S/C22H31FN2O.C2H2/c1-8-18(9-2)19(11-12-20(10-3)25(7)16(4)5)15-17(6)24-21(26)22(23)13-14-22;1-2/h8-11,15H,1,4,12-14H2,2-3,5-7H3,(H,24,26);1-2H/b17-15+,18-9-,19-11-,20-10-;. The number of nitrogens with zero attached hydrogens (tertiary/aromatic N) is 1. The molecule has 0 aromatic heterocycles. The van der Waals surface area contributed by atoms with Crippen molar-refractivity contribution < 1.29 is 9.18 Å². The van der Waals surface area contributed by atoms with Gasteiger partial charge in [-0.2, -0.15) is 0 Å². The number of amides is 1. The molecule has 0 radical (unpaired) electrons. The van der Waals surface area contributed by atoms with Crippen LogP contribution in [0.4, 0.5) is 4.39 Å². The van der Waals surface area contributed by atoms with Crippen LogP contribution in [0.2, 0.25) is 0 Å². The largest absolute Gasteiger partial charge is 0.353 e. The maximum Gasteiger partial charge on any atom is 0.261 e. The van der Waals surface area contributed by atoms with E-state index in [-0.39, 0.29) is 0 Å². The lowest BCUT2D eigenvalue weighted by atomic mass is 10.0. The SMILES string of the molecule is C#C.C=CC(=C/C)/C(=C\C/C(=C/C)N(C)C(=C)C)/C=C(\C)NC(=O)C1(F)CC1. The Kier molecular flexibility index (Phi) is 10.6. The zero-order valence-corrected chi connectivity index (χ0v) is 17.8. The number of alkyl halides is 1. The van der Waals surface area contributed by atoms with Gasteiger partial charge in [0.15, 0.2) is 5.67 Å². The molecule has 1 amide bonds. The quantitative estimate of drug-likeness (QED) is 0.416. The van der Waals surface area contributed by atoms with Gasteiger partial charge in [-0.3, -0.25) is 4.79 Å². The molecule has 152 valence electrons. The number of rotatable bonds is 9. The van der Waals surface area contributed by atoms with Crippen molar-refractivity contribution in [1.29, 1.82) is 0 Å². The van der Waals surface area contributed by atoms with Crippen LogP contribution in [0.3, 0.4) is 0 Å². The molecule has 1 aliphatic rings. The summed E-state index contributed by atoms with van der Waals surface area (Å²) in [6.07, 6.45) is 19.0. The van der Waals surface area contributed by atoms with E-state index in [2.05, 4.69) is 37.4 Å². The third-order valence-electron chi connectivity index (χ3n) is 4.51. The number of hydrogen-bond donors (Lipinski definition) is 1. The molecular weight excluding hydrogens is 351 g/mol. The zero-order chi connectivity index (χ0) is 21.9. The van der Waals surface area contributed by atoms with Gasteiger partial charge in [0.1, 0.15) is 0 Å². The van der Waals surface area contributed by atoms with Gasteiger partial charge in [-0.25, -0.2) is 4.39 Å². The summed E-state index contributed by atoms with van der Waals surface area (Å²) in [7, 11) is 1.98. The summed E-state index contributed by atoms with van der Waals surface area (Å²) >= 11 is 0. The Bertz CT molecular complexity index is 731. The van der Waals surface area contributed by atoms with Gasteiger partial charge in [0.2, 0.25) is 0 Å². The Morgan fingerprint density at radius 2 is 1.79 bits per heavy atom. The first kappa shape index (κ1) is 25.2. The first-order valence-corrected chi connectivity index (χ1v) is 9.24. The molecule has 0 unspecified atom stereocenters. The third-order valence-corrected chi connectivity index (χ3v) is 4.51. The van der Waals surface area contributed by atoms with Gasteiger partial charge in [0.25, 0.3) is 5.91 Å². The van der Waals surface area contributed by atoms with E-state index in [4.69, 9.17) is 0 Å². The molecule has 1 aliphatic carbocycles.